The molecule has 1 saturated heterocycles. The van der Waals surface area contributed by atoms with Gasteiger partial charge in [-0.2, -0.15) is 0 Å². The molecule has 1 aliphatic rings. The van der Waals surface area contributed by atoms with Crippen molar-refractivity contribution >= 4 is 11.9 Å². The summed E-state index contributed by atoms with van der Waals surface area (Å²) in [7, 11) is 0. The largest absolute Gasteiger partial charge is 0.462 e. The van der Waals surface area contributed by atoms with Crippen LogP contribution in [0.4, 0.5) is 0 Å². The first-order valence-electron chi connectivity index (χ1n) is 25.8. The van der Waals surface area contributed by atoms with E-state index in [-0.39, 0.29) is 32.0 Å². The standard InChI is InChI=1S/C51H96O10/c1-3-5-7-9-11-13-15-17-19-20-21-22-23-24-26-28-30-32-34-36-38-40-47(54)60-44(43-59-51-50(57)49(56)48(55)45(41-52)61-51)42-58-46(53)39-37-35-33-31-29-27-25-18-16-14-12-10-8-6-4-2/h10,12,44-45,48-52,55-57H,3-9,11,13-43H2,1-2H3/b12-10+/t44-,45-,48+,49?,50?,51-/m1/s1. The van der Waals surface area contributed by atoms with Crippen LogP contribution in [0.5, 0.6) is 0 Å². The highest BCUT2D eigenvalue weighted by Crippen LogP contribution is 2.23. The lowest BCUT2D eigenvalue weighted by Crippen LogP contribution is -2.59. The van der Waals surface area contributed by atoms with Crippen LogP contribution in [0.25, 0.3) is 0 Å². The summed E-state index contributed by atoms with van der Waals surface area (Å²) in [6.45, 7) is 3.44. The monoisotopic (exact) mass is 869 g/mol. The van der Waals surface area contributed by atoms with Gasteiger partial charge in [-0.05, 0) is 32.1 Å². The molecule has 10 heteroatoms. The molecule has 0 aromatic rings. The lowest BCUT2D eigenvalue weighted by atomic mass is 9.99. The van der Waals surface area contributed by atoms with Crippen molar-refractivity contribution in [2.24, 2.45) is 0 Å². The second-order valence-electron chi connectivity index (χ2n) is 18.0. The minimum Gasteiger partial charge on any atom is -0.462 e. The lowest BCUT2D eigenvalue weighted by Gasteiger charge is -2.39. The summed E-state index contributed by atoms with van der Waals surface area (Å²) in [5, 5.41) is 40.2. The first-order valence-corrected chi connectivity index (χ1v) is 25.8. The normalized spacial score (nSPS) is 19.7. The van der Waals surface area contributed by atoms with E-state index >= 15 is 0 Å². The van der Waals surface area contributed by atoms with Crippen molar-refractivity contribution in [1.29, 1.82) is 0 Å². The van der Waals surface area contributed by atoms with Crippen molar-refractivity contribution in [3.63, 3.8) is 0 Å². The van der Waals surface area contributed by atoms with Crippen LogP contribution >= 0.6 is 0 Å². The molecule has 61 heavy (non-hydrogen) atoms. The summed E-state index contributed by atoms with van der Waals surface area (Å²) in [4.78, 5) is 25.4. The molecule has 0 aromatic carbocycles. The summed E-state index contributed by atoms with van der Waals surface area (Å²) in [5.74, 6) is -0.794. The molecule has 2 unspecified atom stereocenters. The van der Waals surface area contributed by atoms with Gasteiger partial charge in [-0.1, -0.05) is 212 Å². The third kappa shape index (κ3) is 33.6. The molecular formula is C51H96O10. The molecule has 10 nitrogen and oxygen atoms in total. The fraction of sp³-hybridized carbons (Fsp3) is 0.922. The Kier molecular flexibility index (Phi) is 39.9. The highest BCUT2D eigenvalue weighted by atomic mass is 16.7. The fourth-order valence-electron chi connectivity index (χ4n) is 8.05. The molecule has 1 aliphatic heterocycles. The maximum absolute atomic E-state index is 12.8. The molecule has 1 heterocycles. The number of carbonyl (C=O) groups is 2. The van der Waals surface area contributed by atoms with Crippen LogP contribution in [0.2, 0.25) is 0 Å². The average Bonchev–Trinajstić information content (AvgIpc) is 3.26. The van der Waals surface area contributed by atoms with Gasteiger partial charge in [0.2, 0.25) is 0 Å². The van der Waals surface area contributed by atoms with Gasteiger partial charge in [0.25, 0.3) is 0 Å². The number of hydrogen-bond donors (Lipinski definition) is 4. The second-order valence-corrected chi connectivity index (χ2v) is 18.0. The van der Waals surface area contributed by atoms with Crippen molar-refractivity contribution in [1.82, 2.24) is 0 Å². The molecule has 0 aromatic heterocycles. The zero-order valence-corrected chi connectivity index (χ0v) is 39.4. The number of rotatable bonds is 44. The summed E-state index contributed by atoms with van der Waals surface area (Å²) in [5.41, 5.74) is 0. The van der Waals surface area contributed by atoms with E-state index in [0.29, 0.717) is 6.42 Å². The average molecular weight is 869 g/mol. The minimum atomic E-state index is -1.59. The maximum Gasteiger partial charge on any atom is 0.306 e. The predicted molar refractivity (Wildman–Crippen MR) is 247 cm³/mol. The van der Waals surface area contributed by atoms with Crippen LogP contribution in [0, 0.1) is 0 Å². The molecular weight excluding hydrogens is 773 g/mol. The Balaban J connectivity index is 2.23. The summed E-state index contributed by atoms with van der Waals surface area (Å²) in [6.07, 6.45) is 39.3. The van der Waals surface area contributed by atoms with Gasteiger partial charge >= 0.3 is 11.9 Å². The van der Waals surface area contributed by atoms with Crippen LogP contribution < -0.4 is 0 Å². The third-order valence-electron chi connectivity index (χ3n) is 12.2. The number of esters is 2. The highest BCUT2D eigenvalue weighted by Gasteiger charge is 2.44. The molecule has 0 radical (unpaired) electrons. The molecule has 1 fully saturated rings. The van der Waals surface area contributed by atoms with E-state index in [0.717, 1.165) is 38.5 Å². The van der Waals surface area contributed by atoms with Crippen molar-refractivity contribution in [2.45, 2.75) is 282 Å². The van der Waals surface area contributed by atoms with Gasteiger partial charge in [0.05, 0.1) is 13.2 Å². The van der Waals surface area contributed by atoms with E-state index in [1.54, 1.807) is 0 Å². The number of aliphatic hydroxyl groups is 4. The SMILES string of the molecule is CCCC/C=C/CCCCCCCCCCCC(=O)OC[C@H](CO[C@@H]1O[C@H](CO)[C@H](O)C(O)C1O)OC(=O)CCCCCCCCCCCCCCCCCCCCCCC. The molecule has 0 spiro atoms. The number of hydrogen-bond acceptors (Lipinski definition) is 10. The lowest BCUT2D eigenvalue weighted by molar-refractivity contribution is -0.305. The molecule has 1 rings (SSSR count). The first kappa shape index (κ1) is 57.5. The van der Waals surface area contributed by atoms with Crippen LogP contribution in [-0.4, -0.2) is 89.0 Å². The molecule has 0 amide bonds. The number of carbonyl (C=O) groups excluding carboxylic acids is 2. The summed E-state index contributed by atoms with van der Waals surface area (Å²) >= 11 is 0. The van der Waals surface area contributed by atoms with E-state index in [4.69, 9.17) is 18.9 Å². The van der Waals surface area contributed by atoms with Gasteiger partial charge in [0.15, 0.2) is 12.4 Å². The Labute approximate surface area is 373 Å². The summed E-state index contributed by atoms with van der Waals surface area (Å²) in [6, 6.07) is 0. The number of ether oxygens (including phenoxy) is 4. The molecule has 6 atom stereocenters. The van der Waals surface area contributed by atoms with Gasteiger partial charge in [0, 0.05) is 12.8 Å². The van der Waals surface area contributed by atoms with Crippen molar-refractivity contribution < 1.29 is 49.0 Å². The quantitative estimate of drug-likeness (QED) is 0.0264. The van der Waals surface area contributed by atoms with Crippen molar-refractivity contribution in [3.8, 4) is 0 Å². The molecule has 0 aliphatic carbocycles. The second kappa shape index (κ2) is 42.4. The van der Waals surface area contributed by atoms with Gasteiger partial charge in [0.1, 0.15) is 31.0 Å². The van der Waals surface area contributed by atoms with Crippen molar-refractivity contribution in [2.75, 3.05) is 19.8 Å². The van der Waals surface area contributed by atoms with Gasteiger partial charge < -0.3 is 39.4 Å². The Bertz CT molecular complexity index is 1010. The third-order valence-corrected chi connectivity index (χ3v) is 12.2. The Morgan fingerprint density at radius 2 is 0.885 bits per heavy atom. The predicted octanol–water partition coefficient (Wildman–Crippen LogP) is 11.9. The van der Waals surface area contributed by atoms with Gasteiger partial charge in [-0.25, -0.2) is 0 Å². The molecule has 0 bridgehead atoms. The number of aliphatic hydroxyl groups excluding tert-OH is 4. The topological polar surface area (TPSA) is 152 Å². The van der Waals surface area contributed by atoms with Gasteiger partial charge in [-0.3, -0.25) is 9.59 Å². The molecule has 4 N–H and O–H groups in total. The fourth-order valence-corrected chi connectivity index (χ4v) is 8.05. The zero-order valence-electron chi connectivity index (χ0n) is 39.4. The van der Waals surface area contributed by atoms with Crippen LogP contribution in [0.1, 0.15) is 245 Å². The van der Waals surface area contributed by atoms with E-state index in [2.05, 4.69) is 26.0 Å². The number of allylic oxidation sites excluding steroid dienone is 2. The smallest absolute Gasteiger partial charge is 0.306 e. The van der Waals surface area contributed by atoms with E-state index in [1.807, 2.05) is 0 Å². The van der Waals surface area contributed by atoms with Crippen LogP contribution in [-0.2, 0) is 28.5 Å². The van der Waals surface area contributed by atoms with Gasteiger partial charge in [-0.15, -0.1) is 0 Å². The van der Waals surface area contributed by atoms with E-state index in [1.165, 1.54) is 173 Å². The Morgan fingerprint density at radius 3 is 1.33 bits per heavy atom. The summed E-state index contributed by atoms with van der Waals surface area (Å²) < 4.78 is 22.2. The Hall–Kier alpha value is -1.56. The maximum atomic E-state index is 12.8. The Morgan fingerprint density at radius 1 is 0.492 bits per heavy atom. The van der Waals surface area contributed by atoms with Crippen LogP contribution in [0.15, 0.2) is 12.2 Å². The minimum absolute atomic E-state index is 0.212. The van der Waals surface area contributed by atoms with E-state index in [9.17, 15) is 30.0 Å². The number of unbranched alkanes of at least 4 members (excludes halogenated alkanes) is 31. The molecule has 360 valence electrons. The van der Waals surface area contributed by atoms with Crippen molar-refractivity contribution in [3.05, 3.63) is 12.2 Å². The zero-order chi connectivity index (χ0) is 44.4. The first-order chi connectivity index (χ1) is 29.8. The van der Waals surface area contributed by atoms with E-state index < -0.39 is 49.4 Å². The highest BCUT2D eigenvalue weighted by molar-refractivity contribution is 5.70. The van der Waals surface area contributed by atoms with Crippen LogP contribution in [0.3, 0.4) is 0 Å². The molecule has 0 saturated carbocycles.